The minimum absolute atomic E-state index is 0.127. The first-order valence-corrected chi connectivity index (χ1v) is 11.1. The van der Waals surface area contributed by atoms with E-state index in [0.29, 0.717) is 6.42 Å². The lowest BCUT2D eigenvalue weighted by atomic mass is 9.86. The van der Waals surface area contributed by atoms with E-state index in [-0.39, 0.29) is 16.5 Å². The van der Waals surface area contributed by atoms with Crippen molar-refractivity contribution in [2.24, 2.45) is 5.92 Å². The first kappa shape index (κ1) is 19.6. The zero-order valence-electron chi connectivity index (χ0n) is 15.8. The molecule has 1 aliphatic carbocycles. The first-order chi connectivity index (χ1) is 12.6. The summed E-state index contributed by atoms with van der Waals surface area (Å²) in [6.45, 7) is 2.81. The number of hydrogen-bond donors (Lipinski definition) is 0. The molecule has 142 valence electrons. The van der Waals surface area contributed by atoms with E-state index in [0.717, 1.165) is 55.0 Å². The molecule has 1 saturated carbocycles. The summed E-state index contributed by atoms with van der Waals surface area (Å²) in [6.07, 6.45) is 11.0. The quantitative estimate of drug-likeness (QED) is 0.439. The summed E-state index contributed by atoms with van der Waals surface area (Å²) >= 11 is 3.45. The van der Waals surface area contributed by atoms with Gasteiger partial charge >= 0.3 is 0 Å². The van der Waals surface area contributed by atoms with Gasteiger partial charge in [-0.05, 0) is 55.4 Å². The van der Waals surface area contributed by atoms with Crippen LogP contribution in [0.25, 0.3) is 0 Å². The minimum Gasteiger partial charge on any atom is -0.312 e. The van der Waals surface area contributed by atoms with Crippen LogP contribution < -0.4 is 4.90 Å². The van der Waals surface area contributed by atoms with E-state index in [4.69, 9.17) is 0 Å². The van der Waals surface area contributed by atoms with E-state index in [9.17, 15) is 9.59 Å². The number of carbonyl (C=O) groups excluding carboxylic acids is 2. The highest BCUT2D eigenvalue weighted by Gasteiger charge is 2.25. The predicted molar refractivity (Wildman–Crippen MR) is 110 cm³/mol. The van der Waals surface area contributed by atoms with Crippen LogP contribution in [0.3, 0.4) is 0 Å². The van der Waals surface area contributed by atoms with Crippen LogP contribution >= 0.6 is 15.9 Å². The molecule has 0 radical (unpaired) electrons. The van der Waals surface area contributed by atoms with Crippen LogP contribution in [0.5, 0.6) is 0 Å². The minimum atomic E-state index is -0.127. The number of Topliss-reactive ketones (excluding diaryl/α,β-unsaturated/α-hetero) is 1. The maximum Gasteiger partial charge on any atom is 0.226 e. The molecule has 26 heavy (non-hydrogen) atoms. The second kappa shape index (κ2) is 9.16. The molecule has 1 amide bonds. The van der Waals surface area contributed by atoms with Crippen molar-refractivity contribution in [2.45, 2.75) is 76.0 Å². The molecule has 0 spiro atoms. The molecule has 3 nitrogen and oxygen atoms in total. The number of fused-ring (bicyclic) bond motifs is 1. The summed E-state index contributed by atoms with van der Waals surface area (Å²) in [5.41, 5.74) is 2.91. The Morgan fingerprint density at radius 2 is 1.96 bits per heavy atom. The van der Waals surface area contributed by atoms with Gasteiger partial charge in [-0.15, -0.1) is 0 Å². The highest BCUT2D eigenvalue weighted by molar-refractivity contribution is 9.10. The van der Waals surface area contributed by atoms with Gasteiger partial charge in [0, 0.05) is 24.2 Å². The smallest absolute Gasteiger partial charge is 0.226 e. The van der Waals surface area contributed by atoms with Gasteiger partial charge in [0.1, 0.15) is 0 Å². The lowest BCUT2D eigenvalue weighted by Gasteiger charge is -2.31. The number of ketones is 1. The van der Waals surface area contributed by atoms with Gasteiger partial charge in [-0.1, -0.05) is 55.0 Å². The van der Waals surface area contributed by atoms with Crippen LogP contribution in [-0.4, -0.2) is 23.1 Å². The highest BCUT2D eigenvalue weighted by atomic mass is 79.9. The normalized spacial score (nSPS) is 19.1. The van der Waals surface area contributed by atoms with Crippen LogP contribution in [0.1, 0.15) is 80.6 Å². The van der Waals surface area contributed by atoms with E-state index in [1.165, 1.54) is 32.1 Å². The third-order valence-electron chi connectivity index (χ3n) is 5.92. The lowest BCUT2D eigenvalue weighted by molar-refractivity contribution is -0.119. The molecule has 1 aliphatic heterocycles. The fourth-order valence-electron chi connectivity index (χ4n) is 4.31. The van der Waals surface area contributed by atoms with Gasteiger partial charge in [0.15, 0.2) is 5.78 Å². The summed E-state index contributed by atoms with van der Waals surface area (Å²) in [5.74, 6) is 1.13. The standard InChI is InChI=1S/C22H30BrNO2/c1-2-19(23)22(26)18-11-12-20-17(15-18)9-6-14-24(20)21(25)13-10-16-7-4-3-5-8-16/h11-12,15-16,19H,2-10,13-14H2,1H3. The molecule has 1 aromatic carbocycles. The highest BCUT2D eigenvalue weighted by Crippen LogP contribution is 2.31. The number of nitrogens with zero attached hydrogens (tertiary/aromatic N) is 1. The largest absolute Gasteiger partial charge is 0.312 e. The third kappa shape index (κ3) is 4.57. The number of alkyl halides is 1. The summed E-state index contributed by atoms with van der Waals surface area (Å²) in [5, 5.41) is 0. The van der Waals surface area contributed by atoms with Gasteiger partial charge in [-0.2, -0.15) is 0 Å². The van der Waals surface area contributed by atoms with Crippen LogP contribution in [0.15, 0.2) is 18.2 Å². The Morgan fingerprint density at radius 1 is 1.19 bits per heavy atom. The van der Waals surface area contributed by atoms with Gasteiger partial charge in [0.05, 0.1) is 4.83 Å². The molecule has 0 saturated heterocycles. The molecular weight excluding hydrogens is 390 g/mol. The van der Waals surface area contributed by atoms with E-state index >= 15 is 0 Å². The molecule has 0 aromatic heterocycles. The molecule has 4 heteroatoms. The Bertz CT molecular complexity index is 652. The average Bonchev–Trinajstić information content (AvgIpc) is 2.70. The molecule has 1 atom stereocenters. The monoisotopic (exact) mass is 419 g/mol. The number of rotatable bonds is 6. The van der Waals surface area contributed by atoms with Crippen molar-refractivity contribution in [1.82, 2.24) is 0 Å². The summed E-state index contributed by atoms with van der Waals surface area (Å²) in [4.78, 5) is 27.1. The lowest BCUT2D eigenvalue weighted by Crippen LogP contribution is -2.35. The topological polar surface area (TPSA) is 37.4 Å². The van der Waals surface area contributed by atoms with Crippen LogP contribution in [0.2, 0.25) is 0 Å². The molecule has 0 bridgehead atoms. The van der Waals surface area contributed by atoms with Crippen LogP contribution in [-0.2, 0) is 11.2 Å². The number of hydrogen-bond acceptors (Lipinski definition) is 2. The van der Waals surface area contributed by atoms with Crippen molar-refractivity contribution < 1.29 is 9.59 Å². The zero-order valence-corrected chi connectivity index (χ0v) is 17.4. The van der Waals surface area contributed by atoms with E-state index in [1.54, 1.807) is 0 Å². The Hall–Kier alpha value is -1.16. The van der Waals surface area contributed by atoms with Crippen molar-refractivity contribution in [3.63, 3.8) is 0 Å². The number of benzene rings is 1. The Balaban J connectivity index is 1.67. The number of halogens is 1. The SMILES string of the molecule is CCC(Br)C(=O)c1ccc2c(c1)CCCN2C(=O)CCC1CCCCC1. The van der Waals surface area contributed by atoms with Gasteiger partial charge < -0.3 is 4.90 Å². The fourth-order valence-corrected chi connectivity index (χ4v) is 4.58. The van der Waals surface area contributed by atoms with Crippen molar-refractivity contribution in [1.29, 1.82) is 0 Å². The molecule has 1 heterocycles. The van der Waals surface area contributed by atoms with Crippen molar-refractivity contribution in [2.75, 3.05) is 11.4 Å². The molecule has 0 N–H and O–H groups in total. The molecular formula is C22H30BrNO2. The van der Waals surface area contributed by atoms with E-state index in [1.807, 2.05) is 30.0 Å². The van der Waals surface area contributed by atoms with Crippen LogP contribution in [0, 0.1) is 5.92 Å². The van der Waals surface area contributed by atoms with Gasteiger partial charge in [-0.3, -0.25) is 9.59 Å². The third-order valence-corrected chi connectivity index (χ3v) is 6.98. The van der Waals surface area contributed by atoms with E-state index in [2.05, 4.69) is 15.9 Å². The second-order valence-corrected chi connectivity index (χ2v) is 8.88. The molecule has 1 fully saturated rings. The summed E-state index contributed by atoms with van der Waals surface area (Å²) in [7, 11) is 0. The molecule has 2 aliphatic rings. The predicted octanol–water partition coefficient (Wildman–Crippen LogP) is 5.68. The second-order valence-electron chi connectivity index (χ2n) is 7.78. The first-order valence-electron chi connectivity index (χ1n) is 10.2. The zero-order chi connectivity index (χ0) is 18.5. The van der Waals surface area contributed by atoms with Crippen molar-refractivity contribution >= 4 is 33.3 Å². The number of anilines is 1. The van der Waals surface area contributed by atoms with E-state index < -0.39 is 0 Å². The number of amides is 1. The average molecular weight is 420 g/mol. The molecule has 1 unspecified atom stereocenters. The molecule has 1 aromatic rings. The van der Waals surface area contributed by atoms with Gasteiger partial charge in [0.25, 0.3) is 0 Å². The molecule has 3 rings (SSSR count). The maximum absolute atomic E-state index is 12.8. The van der Waals surface area contributed by atoms with Crippen LogP contribution in [0.4, 0.5) is 5.69 Å². The Labute approximate surface area is 165 Å². The number of carbonyl (C=O) groups is 2. The van der Waals surface area contributed by atoms with Crippen molar-refractivity contribution in [3.8, 4) is 0 Å². The van der Waals surface area contributed by atoms with Gasteiger partial charge in [0.2, 0.25) is 5.91 Å². The maximum atomic E-state index is 12.8. The summed E-state index contributed by atoms with van der Waals surface area (Å²) < 4.78 is 0. The van der Waals surface area contributed by atoms with Crippen molar-refractivity contribution in [3.05, 3.63) is 29.3 Å². The Morgan fingerprint density at radius 3 is 2.69 bits per heavy atom. The fraction of sp³-hybridized carbons (Fsp3) is 0.636. The Kier molecular flexibility index (Phi) is 6.91. The van der Waals surface area contributed by atoms with Gasteiger partial charge in [-0.25, -0.2) is 0 Å². The summed E-state index contributed by atoms with van der Waals surface area (Å²) in [6, 6.07) is 5.87. The number of aryl methyl sites for hydroxylation is 1.